The van der Waals surface area contributed by atoms with Gasteiger partial charge in [0.1, 0.15) is 11.4 Å². The summed E-state index contributed by atoms with van der Waals surface area (Å²) < 4.78 is 14.6. The second-order valence-corrected chi connectivity index (χ2v) is 8.74. The lowest BCUT2D eigenvalue weighted by Crippen LogP contribution is -2.35. The van der Waals surface area contributed by atoms with Crippen LogP contribution in [-0.4, -0.2) is 23.0 Å². The van der Waals surface area contributed by atoms with Crippen LogP contribution in [0.1, 0.15) is 17.0 Å². The van der Waals surface area contributed by atoms with Gasteiger partial charge in [-0.2, -0.15) is 5.10 Å². The van der Waals surface area contributed by atoms with Crippen molar-refractivity contribution >= 4 is 10.8 Å². The second kappa shape index (κ2) is 7.24. The van der Waals surface area contributed by atoms with Crippen LogP contribution in [0, 0.1) is 5.92 Å². The number of rotatable bonds is 2. The van der Waals surface area contributed by atoms with Gasteiger partial charge in [-0.25, -0.2) is 4.68 Å². The lowest BCUT2D eigenvalue weighted by molar-refractivity contribution is 0.122. The van der Waals surface area contributed by atoms with E-state index in [1.807, 2.05) is 28.9 Å². The third-order valence-electron chi connectivity index (χ3n) is 6.84. The Balaban J connectivity index is 1.55. The molecule has 2 atom stereocenters. The van der Waals surface area contributed by atoms with Gasteiger partial charge in [0, 0.05) is 23.0 Å². The molecular formula is C29H22N2O2. The molecule has 4 aromatic carbocycles. The molecule has 0 radical (unpaired) electrons. The van der Waals surface area contributed by atoms with Gasteiger partial charge in [-0.1, -0.05) is 78.9 Å². The van der Waals surface area contributed by atoms with E-state index < -0.39 is 0 Å². The first-order chi connectivity index (χ1) is 16.4. The van der Waals surface area contributed by atoms with Crippen LogP contribution in [-0.2, 0) is 0 Å². The molecule has 2 unspecified atom stereocenters. The zero-order chi connectivity index (χ0) is 21.8. The number of benzene rings is 4. The summed E-state index contributed by atoms with van der Waals surface area (Å²) in [7, 11) is 0. The molecule has 4 nitrogen and oxygen atoms in total. The van der Waals surface area contributed by atoms with Gasteiger partial charge in [-0.3, -0.25) is 0 Å². The predicted molar refractivity (Wildman–Crippen MR) is 129 cm³/mol. The molecule has 2 aliphatic heterocycles. The number of aromatic nitrogens is 2. The molecule has 0 saturated heterocycles. The largest absolute Gasteiger partial charge is 0.493 e. The smallest absolute Gasteiger partial charge is 0.221 e. The standard InChI is InChI=1S/C29H22N2O2/c1-3-10-20(11-4-1)28-27-25-21(18-33-29(27)31(30-28)22-12-5-2-6-13-22)17-32-24-16-15-19-9-7-8-14-23(19)26(24)25/h1-16,21,25H,17-18H2. The van der Waals surface area contributed by atoms with E-state index in [1.54, 1.807) is 0 Å². The summed E-state index contributed by atoms with van der Waals surface area (Å²) in [4.78, 5) is 0. The summed E-state index contributed by atoms with van der Waals surface area (Å²) >= 11 is 0. The maximum atomic E-state index is 6.43. The van der Waals surface area contributed by atoms with Gasteiger partial charge in [0.2, 0.25) is 5.88 Å². The first-order valence-electron chi connectivity index (χ1n) is 11.4. The van der Waals surface area contributed by atoms with E-state index in [-0.39, 0.29) is 11.8 Å². The highest BCUT2D eigenvalue weighted by Gasteiger charge is 2.43. The molecule has 2 aliphatic rings. The molecule has 0 bridgehead atoms. The van der Waals surface area contributed by atoms with Crippen LogP contribution < -0.4 is 9.47 Å². The molecule has 160 valence electrons. The summed E-state index contributed by atoms with van der Waals surface area (Å²) in [5, 5.41) is 7.59. The molecule has 4 heteroatoms. The number of para-hydroxylation sites is 1. The van der Waals surface area contributed by atoms with Crippen LogP contribution in [0.25, 0.3) is 27.7 Å². The fraction of sp³-hybridized carbons (Fsp3) is 0.138. The number of fused-ring (bicyclic) bond motifs is 7. The van der Waals surface area contributed by atoms with Gasteiger partial charge < -0.3 is 9.47 Å². The number of nitrogens with zero attached hydrogens (tertiary/aromatic N) is 2. The van der Waals surface area contributed by atoms with Crippen LogP contribution in [0.3, 0.4) is 0 Å². The maximum absolute atomic E-state index is 6.43. The number of ether oxygens (including phenoxy) is 2. The normalized spacial score (nSPS) is 18.5. The minimum atomic E-state index is 0.149. The van der Waals surface area contributed by atoms with Crippen LogP contribution >= 0.6 is 0 Å². The van der Waals surface area contributed by atoms with E-state index in [4.69, 9.17) is 14.6 Å². The average molecular weight is 431 g/mol. The Morgan fingerprint density at radius 3 is 2.27 bits per heavy atom. The highest BCUT2D eigenvalue weighted by molar-refractivity contribution is 5.90. The van der Waals surface area contributed by atoms with Gasteiger partial charge in [-0.05, 0) is 29.0 Å². The van der Waals surface area contributed by atoms with E-state index in [9.17, 15) is 0 Å². The van der Waals surface area contributed by atoms with Gasteiger partial charge in [0.15, 0.2) is 0 Å². The fourth-order valence-corrected chi connectivity index (χ4v) is 5.35. The Kier molecular flexibility index (Phi) is 4.06. The van der Waals surface area contributed by atoms with E-state index in [0.29, 0.717) is 13.2 Å². The van der Waals surface area contributed by atoms with Crippen LogP contribution in [0.4, 0.5) is 0 Å². The van der Waals surface area contributed by atoms with Crippen LogP contribution in [0.15, 0.2) is 97.1 Å². The molecule has 0 saturated carbocycles. The van der Waals surface area contributed by atoms with E-state index in [1.165, 1.54) is 16.3 Å². The lowest BCUT2D eigenvalue weighted by atomic mass is 9.75. The zero-order valence-electron chi connectivity index (χ0n) is 18.0. The van der Waals surface area contributed by atoms with Crippen molar-refractivity contribution in [2.24, 2.45) is 5.92 Å². The van der Waals surface area contributed by atoms with Crippen molar-refractivity contribution in [2.45, 2.75) is 5.92 Å². The minimum absolute atomic E-state index is 0.149. The maximum Gasteiger partial charge on any atom is 0.221 e. The van der Waals surface area contributed by atoms with Crippen molar-refractivity contribution < 1.29 is 9.47 Å². The SMILES string of the molecule is c1ccc(-c2nn(-c3ccccc3)c3c2C2c4c(ccc5ccccc45)OCC2CO3)cc1. The first kappa shape index (κ1) is 18.5. The third kappa shape index (κ3) is 2.80. The van der Waals surface area contributed by atoms with Crippen molar-refractivity contribution in [3.8, 4) is 28.6 Å². The molecular weight excluding hydrogens is 408 g/mol. The summed E-state index contributed by atoms with van der Waals surface area (Å²) in [6.07, 6.45) is 0. The Morgan fingerprint density at radius 2 is 1.42 bits per heavy atom. The lowest BCUT2D eigenvalue weighted by Gasteiger charge is -2.38. The van der Waals surface area contributed by atoms with Crippen molar-refractivity contribution in [1.82, 2.24) is 9.78 Å². The Labute approximate surface area is 192 Å². The van der Waals surface area contributed by atoms with Gasteiger partial charge in [-0.15, -0.1) is 0 Å². The molecule has 0 amide bonds. The molecule has 0 fully saturated rings. The van der Waals surface area contributed by atoms with Crippen LogP contribution in [0.5, 0.6) is 11.6 Å². The topological polar surface area (TPSA) is 36.3 Å². The number of hydrogen-bond donors (Lipinski definition) is 0. The monoisotopic (exact) mass is 430 g/mol. The third-order valence-corrected chi connectivity index (χ3v) is 6.84. The molecule has 5 aromatic rings. The van der Waals surface area contributed by atoms with Crippen molar-refractivity contribution in [3.63, 3.8) is 0 Å². The van der Waals surface area contributed by atoms with Crippen LogP contribution in [0.2, 0.25) is 0 Å². The van der Waals surface area contributed by atoms with Crippen molar-refractivity contribution in [3.05, 3.63) is 108 Å². The quantitative estimate of drug-likeness (QED) is 0.333. The van der Waals surface area contributed by atoms with Gasteiger partial charge in [0.05, 0.1) is 24.5 Å². The predicted octanol–water partition coefficient (Wildman–Crippen LogP) is 6.23. The summed E-state index contributed by atoms with van der Waals surface area (Å²) in [6.45, 7) is 1.24. The molecule has 3 heterocycles. The Morgan fingerprint density at radius 1 is 0.697 bits per heavy atom. The highest BCUT2D eigenvalue weighted by atomic mass is 16.5. The van der Waals surface area contributed by atoms with Crippen molar-refractivity contribution in [1.29, 1.82) is 0 Å². The Hall–Kier alpha value is -4.05. The molecule has 7 rings (SSSR count). The highest BCUT2D eigenvalue weighted by Crippen LogP contribution is 2.52. The molecule has 0 aliphatic carbocycles. The molecule has 0 spiro atoms. The minimum Gasteiger partial charge on any atom is -0.493 e. The van der Waals surface area contributed by atoms with E-state index >= 15 is 0 Å². The van der Waals surface area contributed by atoms with Gasteiger partial charge >= 0.3 is 0 Å². The van der Waals surface area contributed by atoms with E-state index in [2.05, 4.69) is 72.8 Å². The molecule has 1 aromatic heterocycles. The summed E-state index contributed by atoms with van der Waals surface area (Å²) in [5.41, 5.74) is 5.48. The van der Waals surface area contributed by atoms with E-state index in [0.717, 1.165) is 34.1 Å². The second-order valence-electron chi connectivity index (χ2n) is 8.74. The fourth-order valence-electron chi connectivity index (χ4n) is 5.35. The summed E-state index contributed by atoms with van der Waals surface area (Å²) in [5.74, 6) is 2.18. The Bertz CT molecular complexity index is 1470. The zero-order valence-corrected chi connectivity index (χ0v) is 18.0. The molecule has 0 N–H and O–H groups in total. The van der Waals surface area contributed by atoms with Gasteiger partial charge in [0.25, 0.3) is 0 Å². The average Bonchev–Trinajstić information content (AvgIpc) is 3.29. The molecule has 33 heavy (non-hydrogen) atoms. The van der Waals surface area contributed by atoms with Crippen molar-refractivity contribution in [2.75, 3.05) is 13.2 Å². The summed E-state index contributed by atoms with van der Waals surface area (Å²) in [6, 6.07) is 33.5. The first-order valence-corrected chi connectivity index (χ1v) is 11.4. The number of hydrogen-bond acceptors (Lipinski definition) is 3.